The van der Waals surface area contributed by atoms with Gasteiger partial charge in [-0.1, -0.05) is 61.5 Å². The second kappa shape index (κ2) is 8.07. The molecule has 1 aliphatic carbocycles. The lowest BCUT2D eigenvalue weighted by atomic mass is 9.64. The first kappa shape index (κ1) is 18.0. The van der Waals surface area contributed by atoms with Gasteiger partial charge in [0.1, 0.15) is 0 Å². The molecule has 1 fully saturated rings. The molecule has 0 bridgehead atoms. The fraction of sp³-hybridized carbons (Fsp3) is 0.429. The van der Waals surface area contributed by atoms with Crippen LogP contribution in [-0.2, 0) is 5.41 Å². The highest BCUT2D eigenvalue weighted by molar-refractivity contribution is 7.80. The van der Waals surface area contributed by atoms with E-state index in [1.807, 2.05) is 18.5 Å². The number of rotatable bonds is 6. The minimum Gasteiger partial charge on any atom is -0.393 e. The molecule has 4 heteroatoms. The molecule has 0 radical (unpaired) electrons. The lowest BCUT2D eigenvalue weighted by molar-refractivity contribution is 0.204. The van der Waals surface area contributed by atoms with E-state index in [0.717, 1.165) is 19.3 Å². The van der Waals surface area contributed by atoms with Crippen LogP contribution >= 0.6 is 12.2 Å². The Morgan fingerprint density at radius 3 is 2.76 bits per heavy atom. The smallest absolute Gasteiger partial charge is 0.0736 e. The van der Waals surface area contributed by atoms with Crippen molar-refractivity contribution in [2.45, 2.75) is 56.5 Å². The van der Waals surface area contributed by atoms with Gasteiger partial charge in [-0.05, 0) is 37.0 Å². The fourth-order valence-corrected chi connectivity index (χ4v) is 4.51. The van der Waals surface area contributed by atoms with Crippen molar-refractivity contribution >= 4 is 17.2 Å². The first-order chi connectivity index (χ1) is 12.1. The zero-order valence-electron chi connectivity index (χ0n) is 14.8. The van der Waals surface area contributed by atoms with Gasteiger partial charge < -0.3 is 11.1 Å². The van der Waals surface area contributed by atoms with E-state index < -0.39 is 0 Å². The number of aromatic nitrogens is 1. The molecule has 1 saturated carbocycles. The first-order valence-corrected chi connectivity index (χ1v) is 9.52. The third-order valence-corrected chi connectivity index (χ3v) is 5.65. The van der Waals surface area contributed by atoms with Crippen LogP contribution in [0.1, 0.15) is 56.2 Å². The molecule has 0 amide bonds. The summed E-state index contributed by atoms with van der Waals surface area (Å²) in [5.41, 5.74) is 8.52. The van der Waals surface area contributed by atoms with E-state index in [2.05, 4.69) is 53.6 Å². The van der Waals surface area contributed by atoms with E-state index in [-0.39, 0.29) is 11.5 Å². The molecule has 3 rings (SSSR count). The molecule has 3 atom stereocenters. The van der Waals surface area contributed by atoms with Crippen molar-refractivity contribution in [3.8, 4) is 0 Å². The average Bonchev–Trinajstić information content (AvgIpc) is 2.64. The van der Waals surface area contributed by atoms with Gasteiger partial charge in [-0.3, -0.25) is 4.98 Å². The summed E-state index contributed by atoms with van der Waals surface area (Å²) in [5.74, 6) is 0. The van der Waals surface area contributed by atoms with Crippen LogP contribution in [0.15, 0.2) is 54.9 Å². The molecule has 1 aliphatic rings. The van der Waals surface area contributed by atoms with Crippen molar-refractivity contribution in [1.82, 2.24) is 10.3 Å². The number of hydrogen-bond donors (Lipinski definition) is 2. The van der Waals surface area contributed by atoms with Gasteiger partial charge in [0.2, 0.25) is 0 Å². The SMILES string of the molecule is C[C@@H](N[C@@H]1CCCC[C@]1(CC(N)=S)c1cccnc1)c1ccccc1. The van der Waals surface area contributed by atoms with Gasteiger partial charge in [0.05, 0.1) is 4.99 Å². The van der Waals surface area contributed by atoms with Crippen LogP contribution in [0.5, 0.6) is 0 Å². The standard InChI is InChI=1S/C21H27N3S/c1-16(17-8-3-2-4-9-17)24-19-11-5-6-12-21(19,14-20(22)25)18-10-7-13-23-15-18/h2-4,7-10,13,15-16,19,24H,5-6,11-12,14H2,1H3,(H2,22,25)/t16-,19-,21+/m1/s1. The normalized spacial score (nSPS) is 24.6. The Kier molecular flexibility index (Phi) is 5.82. The first-order valence-electron chi connectivity index (χ1n) is 9.11. The van der Waals surface area contributed by atoms with Crippen LogP contribution in [0.3, 0.4) is 0 Å². The minimum atomic E-state index is -0.0681. The van der Waals surface area contributed by atoms with Crippen LogP contribution in [0.2, 0.25) is 0 Å². The summed E-state index contributed by atoms with van der Waals surface area (Å²) in [4.78, 5) is 4.96. The van der Waals surface area contributed by atoms with Crippen molar-refractivity contribution in [3.63, 3.8) is 0 Å². The lowest BCUT2D eigenvalue weighted by Crippen LogP contribution is -2.52. The molecule has 3 nitrogen and oxygen atoms in total. The number of pyridine rings is 1. The van der Waals surface area contributed by atoms with E-state index in [4.69, 9.17) is 18.0 Å². The molecule has 2 aromatic rings. The minimum absolute atomic E-state index is 0.0681. The van der Waals surface area contributed by atoms with E-state index in [9.17, 15) is 0 Å². The van der Waals surface area contributed by atoms with E-state index in [1.165, 1.54) is 24.0 Å². The lowest BCUT2D eigenvalue weighted by Gasteiger charge is -2.46. The van der Waals surface area contributed by atoms with Crippen LogP contribution < -0.4 is 11.1 Å². The van der Waals surface area contributed by atoms with Crippen molar-refractivity contribution in [3.05, 3.63) is 66.0 Å². The number of hydrogen-bond acceptors (Lipinski definition) is 3. The van der Waals surface area contributed by atoms with E-state index in [1.54, 1.807) is 0 Å². The zero-order chi connectivity index (χ0) is 17.7. The largest absolute Gasteiger partial charge is 0.393 e. The van der Waals surface area contributed by atoms with E-state index >= 15 is 0 Å². The van der Waals surface area contributed by atoms with Gasteiger partial charge >= 0.3 is 0 Å². The summed E-state index contributed by atoms with van der Waals surface area (Å²) >= 11 is 5.34. The molecule has 0 spiro atoms. The Morgan fingerprint density at radius 1 is 1.28 bits per heavy atom. The Balaban J connectivity index is 1.92. The molecule has 132 valence electrons. The highest BCUT2D eigenvalue weighted by Gasteiger charge is 2.43. The monoisotopic (exact) mass is 353 g/mol. The predicted octanol–water partition coefficient (Wildman–Crippen LogP) is 4.29. The van der Waals surface area contributed by atoms with Gasteiger partial charge in [0.15, 0.2) is 0 Å². The maximum atomic E-state index is 6.03. The average molecular weight is 354 g/mol. The highest BCUT2D eigenvalue weighted by atomic mass is 32.1. The summed E-state index contributed by atoms with van der Waals surface area (Å²) in [6.07, 6.45) is 9.21. The molecule has 1 heterocycles. The van der Waals surface area contributed by atoms with Crippen molar-refractivity contribution in [2.24, 2.45) is 5.73 Å². The van der Waals surface area contributed by atoms with Gasteiger partial charge in [-0.15, -0.1) is 0 Å². The Morgan fingerprint density at radius 2 is 2.08 bits per heavy atom. The molecule has 0 unspecified atom stereocenters. The third kappa shape index (κ3) is 4.07. The summed E-state index contributed by atoms with van der Waals surface area (Å²) < 4.78 is 0. The predicted molar refractivity (Wildman–Crippen MR) is 108 cm³/mol. The van der Waals surface area contributed by atoms with Crippen LogP contribution in [0.4, 0.5) is 0 Å². The maximum absolute atomic E-state index is 6.03. The maximum Gasteiger partial charge on any atom is 0.0736 e. The number of nitrogens with one attached hydrogen (secondary N) is 1. The second-order valence-corrected chi connectivity index (χ2v) is 7.66. The number of benzene rings is 1. The summed E-state index contributed by atoms with van der Waals surface area (Å²) in [5, 5.41) is 3.89. The Bertz CT molecular complexity index is 689. The van der Waals surface area contributed by atoms with E-state index in [0.29, 0.717) is 11.0 Å². The quantitative estimate of drug-likeness (QED) is 0.761. The summed E-state index contributed by atoms with van der Waals surface area (Å²) in [6, 6.07) is 15.4. The molecule has 1 aromatic heterocycles. The third-order valence-electron chi connectivity index (χ3n) is 5.51. The molecule has 3 N–H and O–H groups in total. The van der Waals surface area contributed by atoms with Crippen molar-refractivity contribution in [2.75, 3.05) is 0 Å². The topological polar surface area (TPSA) is 50.9 Å². The van der Waals surface area contributed by atoms with Crippen molar-refractivity contribution < 1.29 is 0 Å². The highest BCUT2D eigenvalue weighted by Crippen LogP contribution is 2.43. The number of nitrogens with zero attached hydrogens (tertiary/aromatic N) is 1. The summed E-state index contributed by atoms with van der Waals surface area (Å²) in [6.45, 7) is 2.23. The van der Waals surface area contributed by atoms with Gasteiger partial charge in [-0.25, -0.2) is 0 Å². The molecule has 0 saturated heterocycles. The molecular formula is C21H27N3S. The van der Waals surface area contributed by atoms with Crippen LogP contribution in [0.25, 0.3) is 0 Å². The van der Waals surface area contributed by atoms with Gasteiger partial charge in [0.25, 0.3) is 0 Å². The second-order valence-electron chi connectivity index (χ2n) is 7.14. The zero-order valence-corrected chi connectivity index (χ0v) is 15.6. The molecular weight excluding hydrogens is 326 g/mol. The fourth-order valence-electron chi connectivity index (χ4n) is 4.25. The van der Waals surface area contributed by atoms with Crippen LogP contribution in [0, 0.1) is 0 Å². The Labute approximate surface area is 156 Å². The molecule has 25 heavy (non-hydrogen) atoms. The van der Waals surface area contributed by atoms with Crippen molar-refractivity contribution in [1.29, 1.82) is 0 Å². The van der Waals surface area contributed by atoms with Gasteiger partial charge in [0, 0.05) is 36.3 Å². The molecule has 1 aromatic carbocycles. The number of thiocarbonyl (C=S) groups is 1. The van der Waals surface area contributed by atoms with Crippen LogP contribution in [-0.4, -0.2) is 16.0 Å². The number of nitrogens with two attached hydrogens (primary N) is 1. The summed E-state index contributed by atoms with van der Waals surface area (Å²) in [7, 11) is 0. The molecule has 0 aliphatic heterocycles. The Hall–Kier alpha value is -1.78. The van der Waals surface area contributed by atoms with Gasteiger partial charge in [-0.2, -0.15) is 0 Å².